The van der Waals surface area contributed by atoms with Crippen molar-refractivity contribution in [2.24, 2.45) is 0 Å². The molecule has 7 nitrogen and oxygen atoms in total. The van der Waals surface area contributed by atoms with Crippen LogP contribution in [0.1, 0.15) is 47.0 Å². The second-order valence-electron chi connectivity index (χ2n) is 10.6. The highest BCUT2D eigenvalue weighted by atomic mass is 79.9. The first kappa shape index (κ1) is 40.2. The molecule has 3 N–H and O–H groups in total. The van der Waals surface area contributed by atoms with E-state index in [1.165, 1.54) is 66.2 Å². The number of carboxylic acid groups (broad SMARTS) is 1. The summed E-state index contributed by atoms with van der Waals surface area (Å²) in [4.78, 5) is 47.6. The summed E-state index contributed by atoms with van der Waals surface area (Å²) in [6, 6.07) is 25.7. The fourth-order valence-corrected chi connectivity index (χ4v) is 7.29. The molecule has 0 aliphatic carbocycles. The molecule has 2 heterocycles. The van der Waals surface area contributed by atoms with Crippen molar-refractivity contribution in [3.8, 4) is 20.9 Å². The number of nitrogens with two attached hydrogens (primary N) is 1. The molecule has 0 fully saturated rings. The molecule has 4 aromatic carbocycles. The summed E-state index contributed by atoms with van der Waals surface area (Å²) in [5.74, 6) is -2.75. The maximum Gasteiger partial charge on any atom is 0.341 e. The summed E-state index contributed by atoms with van der Waals surface area (Å²) in [5, 5.41) is 12.4. The van der Waals surface area contributed by atoms with Crippen LogP contribution in [0.5, 0.6) is 0 Å². The Labute approximate surface area is 326 Å². The monoisotopic (exact) mass is 887 g/mol. The van der Waals surface area contributed by atoms with Gasteiger partial charge in [0.15, 0.2) is 5.78 Å². The third-order valence-corrected chi connectivity index (χ3v) is 10.5. The smallest absolute Gasteiger partial charge is 0.341 e. The van der Waals surface area contributed by atoms with Gasteiger partial charge in [0.25, 0.3) is 5.24 Å². The number of carbonyl (C=O) groups is 4. The number of rotatable bonds is 8. The number of esters is 1. The average molecular weight is 890 g/mol. The molecule has 0 aliphatic rings. The summed E-state index contributed by atoms with van der Waals surface area (Å²) < 4.78 is 32.2. The van der Waals surface area contributed by atoms with Crippen LogP contribution in [0.4, 0.5) is 14.5 Å². The average Bonchev–Trinajstić information content (AvgIpc) is 3.72. The third kappa shape index (κ3) is 10.7. The number of aromatic carboxylic acids is 1. The zero-order valence-electron chi connectivity index (χ0n) is 26.9. The van der Waals surface area contributed by atoms with E-state index >= 15 is 0 Å². The number of anilines is 1. The summed E-state index contributed by atoms with van der Waals surface area (Å²) in [6.45, 7) is 0. The van der Waals surface area contributed by atoms with Crippen molar-refractivity contribution < 1.29 is 37.8 Å². The minimum atomic E-state index is -1.08. The largest absolute Gasteiger partial charge is 0.478 e. The number of carbonyl (C=O) groups excluding carboxylic acids is 3. The van der Waals surface area contributed by atoms with Crippen molar-refractivity contribution in [2.45, 2.75) is 6.42 Å². The highest BCUT2D eigenvalue weighted by Crippen LogP contribution is 2.36. The second-order valence-corrected chi connectivity index (χ2v) is 14.5. The van der Waals surface area contributed by atoms with Crippen molar-refractivity contribution in [1.29, 1.82) is 0 Å². The van der Waals surface area contributed by atoms with Gasteiger partial charge in [0.05, 0.1) is 23.2 Å². The minimum absolute atomic E-state index is 0.0852. The quantitative estimate of drug-likeness (QED) is 0.0886. The van der Waals surface area contributed by atoms with Crippen molar-refractivity contribution in [2.75, 3.05) is 12.8 Å². The van der Waals surface area contributed by atoms with Gasteiger partial charge in [-0.2, -0.15) is 0 Å². The topological polar surface area (TPSA) is 124 Å². The highest BCUT2D eigenvalue weighted by molar-refractivity contribution is 9.10. The first-order valence-electron chi connectivity index (χ1n) is 14.8. The first-order valence-corrected chi connectivity index (χ1v) is 18.6. The van der Waals surface area contributed by atoms with E-state index in [2.05, 4.69) is 31.9 Å². The Morgan fingerprint density at radius 2 is 1.23 bits per heavy atom. The number of thiophene rings is 2. The molecule has 0 unspecified atom stereocenters. The Morgan fingerprint density at radius 1 is 0.750 bits per heavy atom. The summed E-state index contributed by atoms with van der Waals surface area (Å²) >= 11 is 14.5. The zero-order valence-corrected chi connectivity index (χ0v) is 32.4. The lowest BCUT2D eigenvalue weighted by Crippen LogP contribution is -2.08. The fourth-order valence-electron chi connectivity index (χ4n) is 4.62. The van der Waals surface area contributed by atoms with Crippen molar-refractivity contribution in [3.05, 3.63) is 156 Å². The standard InChI is InChI=1S/C19H12BrFO3S.C12H10BrNO2S.C7H4ClFO/c20-14-6-4-11(5-7-14)18-17(19(23)24)13(10-25-18)9-16(22)12-2-1-3-15(21)8-12;1-16-12(15)10-9(14)6-17-11(10)7-2-4-8(13)5-3-7;8-7(10)5-2-1-3-6(9)4-5/h1-8,10H,9H2,(H,23,24);2-6H,14H2,1H3;1-4H. The van der Waals surface area contributed by atoms with E-state index in [1.807, 2.05) is 48.5 Å². The molecular weight excluding hydrogens is 864 g/mol. The van der Waals surface area contributed by atoms with Crippen LogP contribution in [0, 0.1) is 11.6 Å². The Hall–Kier alpha value is -4.53. The Bertz CT molecular complexity index is 2220. The molecule has 0 saturated carbocycles. The lowest BCUT2D eigenvalue weighted by Gasteiger charge is -2.04. The molecule has 2 aromatic heterocycles. The van der Waals surface area contributed by atoms with E-state index in [-0.39, 0.29) is 28.9 Å². The van der Waals surface area contributed by atoms with E-state index in [0.717, 1.165) is 37.1 Å². The van der Waals surface area contributed by atoms with Crippen LogP contribution in [-0.4, -0.2) is 35.2 Å². The normalized spacial score (nSPS) is 10.3. The number of hydrogen-bond donors (Lipinski definition) is 2. The molecule has 0 atom stereocenters. The van der Waals surface area contributed by atoms with E-state index in [9.17, 15) is 33.1 Å². The molecule has 0 spiro atoms. The van der Waals surface area contributed by atoms with E-state index in [4.69, 9.17) is 22.1 Å². The molecule has 0 radical (unpaired) electrons. The van der Waals surface area contributed by atoms with E-state index in [1.54, 1.807) is 10.8 Å². The van der Waals surface area contributed by atoms with E-state index < -0.39 is 28.8 Å². The van der Waals surface area contributed by atoms with E-state index in [0.29, 0.717) is 21.7 Å². The predicted octanol–water partition coefficient (Wildman–Crippen LogP) is 11.2. The Balaban J connectivity index is 0.000000193. The zero-order chi connectivity index (χ0) is 37.9. The van der Waals surface area contributed by atoms with Crippen LogP contribution in [0.3, 0.4) is 0 Å². The number of carboxylic acids is 1. The Morgan fingerprint density at radius 3 is 1.69 bits per heavy atom. The number of ketones is 1. The minimum Gasteiger partial charge on any atom is -0.478 e. The summed E-state index contributed by atoms with van der Waals surface area (Å²) in [5.41, 5.74) is 9.38. The van der Waals surface area contributed by atoms with Crippen molar-refractivity contribution in [3.63, 3.8) is 0 Å². The van der Waals surface area contributed by atoms with Gasteiger partial charge in [-0.15, -0.1) is 22.7 Å². The van der Waals surface area contributed by atoms with Crippen LogP contribution >= 0.6 is 66.1 Å². The van der Waals surface area contributed by atoms with Gasteiger partial charge in [-0.3, -0.25) is 9.59 Å². The SMILES string of the molecule is COC(=O)c1c(N)csc1-c1ccc(Br)cc1.O=C(Cc1csc(-c2ccc(Br)cc2)c1C(=O)O)c1cccc(F)c1.O=C(Cl)c1cccc(F)c1. The van der Waals surface area contributed by atoms with Crippen molar-refractivity contribution in [1.82, 2.24) is 0 Å². The predicted molar refractivity (Wildman–Crippen MR) is 209 cm³/mol. The van der Waals surface area contributed by atoms with Gasteiger partial charge in [-0.1, -0.05) is 74.3 Å². The van der Waals surface area contributed by atoms with Gasteiger partial charge < -0.3 is 15.6 Å². The van der Waals surface area contributed by atoms with Crippen LogP contribution in [0.2, 0.25) is 0 Å². The maximum atomic E-state index is 13.3. The lowest BCUT2D eigenvalue weighted by atomic mass is 9.99. The molecule has 0 bridgehead atoms. The summed E-state index contributed by atoms with van der Waals surface area (Å²) in [6.07, 6.45) is -0.0852. The number of hydrogen-bond acceptors (Lipinski definition) is 8. The first-order chi connectivity index (χ1) is 24.8. The number of methoxy groups -OCH3 is 1. The van der Waals surface area contributed by atoms with Gasteiger partial charge >= 0.3 is 11.9 Å². The molecule has 14 heteroatoms. The number of ether oxygens (including phenoxy) is 1. The lowest BCUT2D eigenvalue weighted by molar-refractivity contribution is 0.0602. The number of benzene rings is 4. The number of Topliss-reactive ketones (excluding diaryl/α,β-unsaturated/α-hetero) is 1. The van der Waals surface area contributed by atoms with Gasteiger partial charge in [-0.25, -0.2) is 18.4 Å². The second kappa shape index (κ2) is 18.8. The Kier molecular flexibility index (Phi) is 14.6. The summed E-state index contributed by atoms with van der Waals surface area (Å²) in [7, 11) is 1.35. The molecular formula is C38H26Br2ClF2NO6S2. The van der Waals surface area contributed by atoms with Crippen LogP contribution < -0.4 is 5.73 Å². The maximum absolute atomic E-state index is 13.3. The highest BCUT2D eigenvalue weighted by Gasteiger charge is 2.22. The fraction of sp³-hybridized carbons (Fsp3) is 0.0526. The number of halogens is 5. The van der Waals surface area contributed by atoms with Crippen molar-refractivity contribution >= 4 is 94.8 Å². The molecule has 52 heavy (non-hydrogen) atoms. The van der Waals surface area contributed by atoms with Gasteiger partial charge in [0.1, 0.15) is 17.2 Å². The van der Waals surface area contributed by atoms with Gasteiger partial charge in [0.2, 0.25) is 0 Å². The van der Waals surface area contributed by atoms with Crippen LogP contribution in [0.25, 0.3) is 20.9 Å². The molecule has 0 amide bonds. The molecule has 6 aromatic rings. The van der Waals surface area contributed by atoms with Crippen LogP contribution in [0.15, 0.2) is 117 Å². The molecule has 6 rings (SSSR count). The van der Waals surface area contributed by atoms with Gasteiger partial charge in [0, 0.05) is 36.8 Å². The van der Waals surface area contributed by atoms with Crippen LogP contribution in [-0.2, 0) is 11.2 Å². The molecule has 0 aliphatic heterocycles. The number of nitrogen functional groups attached to an aromatic ring is 1. The third-order valence-electron chi connectivity index (χ3n) is 7.05. The molecule has 266 valence electrons. The van der Waals surface area contributed by atoms with Gasteiger partial charge in [-0.05, 0) is 88.3 Å². The molecule has 0 saturated heterocycles.